The van der Waals surface area contributed by atoms with E-state index in [1.54, 1.807) is 0 Å². The summed E-state index contributed by atoms with van der Waals surface area (Å²) in [7, 11) is 0. The Morgan fingerprint density at radius 1 is 1.11 bits per heavy atom. The maximum Gasteiger partial charge on any atom is 0.330 e. The van der Waals surface area contributed by atoms with E-state index in [0.717, 1.165) is 25.5 Å². The molecule has 0 N–H and O–H groups in total. The van der Waals surface area contributed by atoms with E-state index in [2.05, 4.69) is 59.2 Å². The van der Waals surface area contributed by atoms with Crippen LogP contribution in [0.25, 0.3) is 0 Å². The first-order valence-corrected chi connectivity index (χ1v) is 5.73. The molecule has 1 fully saturated rings. The largest absolute Gasteiger partial charge is 0.460 e. The molecule has 1 saturated heterocycles. The van der Waals surface area contributed by atoms with Crippen LogP contribution in [0.1, 0.15) is 12.8 Å². The van der Waals surface area contributed by atoms with Crippen molar-refractivity contribution < 1.29 is 14.3 Å². The molecule has 0 aromatic carbocycles. The third-order valence-electron chi connectivity index (χ3n) is 1.60. The Labute approximate surface area is 118 Å². The summed E-state index contributed by atoms with van der Waals surface area (Å²) in [6.45, 7) is 28.4. The molecule has 0 spiro atoms. The molecule has 1 aliphatic rings. The number of hydrogen-bond donors (Lipinski definition) is 0. The minimum atomic E-state index is -0.375. The molecule has 110 valence electrons. The fourth-order valence-corrected chi connectivity index (χ4v) is 1.01. The highest BCUT2D eigenvalue weighted by molar-refractivity contribution is 5.81. The summed E-state index contributed by atoms with van der Waals surface area (Å²) in [5.74, 6) is -0.375. The van der Waals surface area contributed by atoms with Crippen LogP contribution in [-0.4, -0.2) is 25.3 Å². The quantitative estimate of drug-likeness (QED) is 0.439. The Hall–Kier alpha value is -1.87. The molecule has 1 unspecified atom stereocenters. The average Bonchev–Trinajstić information content (AvgIpc) is 3.06. The zero-order valence-corrected chi connectivity index (χ0v) is 12.1. The number of ether oxygens (including phenoxy) is 2. The summed E-state index contributed by atoms with van der Waals surface area (Å²) in [4.78, 5) is 10.6. The molecule has 0 aromatic rings. The number of hydrogen-bond acceptors (Lipinski definition) is 3. The standard InChI is InChI=1S/C8H12O3.4C2H4/c1-2-8(9)11-6-7-4-3-5-10-7;4*1-2/h2,7H,1,3-6H2;4*1-2H2. The summed E-state index contributed by atoms with van der Waals surface area (Å²) in [6.07, 6.45) is 3.33. The number of rotatable bonds is 3. The van der Waals surface area contributed by atoms with Gasteiger partial charge < -0.3 is 9.47 Å². The van der Waals surface area contributed by atoms with Crippen LogP contribution in [0.3, 0.4) is 0 Å². The molecule has 0 bridgehead atoms. The lowest BCUT2D eigenvalue weighted by atomic mass is 10.2. The van der Waals surface area contributed by atoms with Crippen molar-refractivity contribution in [3.63, 3.8) is 0 Å². The predicted octanol–water partition coefficient (Wildman–Crippen LogP) is 4.10. The van der Waals surface area contributed by atoms with Gasteiger partial charge in [-0.25, -0.2) is 4.79 Å². The topological polar surface area (TPSA) is 35.5 Å². The van der Waals surface area contributed by atoms with Crippen molar-refractivity contribution in [1.29, 1.82) is 0 Å². The van der Waals surface area contributed by atoms with Crippen molar-refractivity contribution in [1.82, 2.24) is 0 Å². The second-order valence-electron chi connectivity index (χ2n) is 2.47. The lowest BCUT2D eigenvalue weighted by Gasteiger charge is -2.07. The molecule has 1 heterocycles. The van der Waals surface area contributed by atoms with Crippen LogP contribution >= 0.6 is 0 Å². The summed E-state index contributed by atoms with van der Waals surface area (Å²) >= 11 is 0. The van der Waals surface area contributed by atoms with E-state index in [9.17, 15) is 4.79 Å². The van der Waals surface area contributed by atoms with Gasteiger partial charge in [0.1, 0.15) is 6.61 Å². The second kappa shape index (κ2) is 29.8. The lowest BCUT2D eigenvalue weighted by Crippen LogP contribution is -2.16. The fraction of sp³-hybridized carbons (Fsp3) is 0.312. The predicted molar refractivity (Wildman–Crippen MR) is 85.1 cm³/mol. The van der Waals surface area contributed by atoms with Crippen molar-refractivity contribution in [2.24, 2.45) is 0 Å². The Balaban J connectivity index is -0.000000121. The summed E-state index contributed by atoms with van der Waals surface area (Å²) in [6, 6.07) is 0. The summed E-state index contributed by atoms with van der Waals surface area (Å²) in [5, 5.41) is 0. The third-order valence-corrected chi connectivity index (χ3v) is 1.60. The van der Waals surface area contributed by atoms with Gasteiger partial charge in [0.25, 0.3) is 0 Å². The Kier molecular flexibility index (Phi) is 40.6. The van der Waals surface area contributed by atoms with Crippen LogP contribution < -0.4 is 0 Å². The first-order valence-electron chi connectivity index (χ1n) is 5.73. The first-order chi connectivity index (χ1) is 9.33. The van der Waals surface area contributed by atoms with Crippen molar-refractivity contribution in [2.45, 2.75) is 18.9 Å². The Morgan fingerprint density at radius 2 is 1.58 bits per heavy atom. The average molecular weight is 268 g/mol. The van der Waals surface area contributed by atoms with E-state index >= 15 is 0 Å². The van der Waals surface area contributed by atoms with Crippen molar-refractivity contribution in [3.8, 4) is 0 Å². The van der Waals surface area contributed by atoms with Gasteiger partial charge in [-0.05, 0) is 12.8 Å². The van der Waals surface area contributed by atoms with Gasteiger partial charge in [0.15, 0.2) is 0 Å². The highest BCUT2D eigenvalue weighted by Crippen LogP contribution is 2.11. The fourth-order valence-electron chi connectivity index (χ4n) is 1.01. The first kappa shape index (κ1) is 25.9. The smallest absolute Gasteiger partial charge is 0.330 e. The Morgan fingerprint density at radius 3 is 1.89 bits per heavy atom. The highest BCUT2D eigenvalue weighted by atomic mass is 16.6. The minimum Gasteiger partial charge on any atom is -0.460 e. The molecule has 1 rings (SSSR count). The molecule has 3 nitrogen and oxygen atoms in total. The zero-order valence-electron chi connectivity index (χ0n) is 12.1. The van der Waals surface area contributed by atoms with Crippen molar-refractivity contribution in [2.75, 3.05) is 13.2 Å². The number of carbonyl (C=O) groups excluding carboxylic acids is 1. The van der Waals surface area contributed by atoms with Gasteiger partial charge in [-0.1, -0.05) is 6.58 Å². The molecule has 19 heavy (non-hydrogen) atoms. The zero-order chi connectivity index (χ0) is 16.1. The molecule has 3 heteroatoms. The summed E-state index contributed by atoms with van der Waals surface area (Å²) < 4.78 is 10.0. The monoisotopic (exact) mass is 268 g/mol. The SMILES string of the molecule is C=C.C=C.C=C.C=C.C=CC(=O)OCC1CCCO1. The second-order valence-corrected chi connectivity index (χ2v) is 2.47. The lowest BCUT2D eigenvalue weighted by molar-refractivity contribution is -0.140. The molecule has 0 radical (unpaired) electrons. The van der Waals surface area contributed by atoms with Gasteiger partial charge in [0.05, 0.1) is 6.10 Å². The molecule has 1 aliphatic heterocycles. The van der Waals surface area contributed by atoms with Crippen molar-refractivity contribution in [3.05, 3.63) is 65.3 Å². The number of carbonyl (C=O) groups is 1. The van der Waals surface area contributed by atoms with E-state index in [1.165, 1.54) is 0 Å². The molecule has 0 aromatic heterocycles. The van der Waals surface area contributed by atoms with Gasteiger partial charge in [0, 0.05) is 12.7 Å². The molecular formula is C16H28O3. The van der Waals surface area contributed by atoms with Gasteiger partial charge in [-0.15, -0.1) is 52.6 Å². The van der Waals surface area contributed by atoms with Crippen LogP contribution in [-0.2, 0) is 14.3 Å². The van der Waals surface area contributed by atoms with Gasteiger partial charge in [-0.2, -0.15) is 0 Å². The molecular weight excluding hydrogens is 240 g/mol. The van der Waals surface area contributed by atoms with E-state index < -0.39 is 0 Å². The van der Waals surface area contributed by atoms with E-state index in [-0.39, 0.29) is 12.1 Å². The van der Waals surface area contributed by atoms with Crippen LogP contribution in [0, 0.1) is 0 Å². The molecule has 1 atom stereocenters. The van der Waals surface area contributed by atoms with E-state index in [1.807, 2.05) is 0 Å². The van der Waals surface area contributed by atoms with Crippen molar-refractivity contribution >= 4 is 5.97 Å². The van der Waals surface area contributed by atoms with Gasteiger partial charge in [0.2, 0.25) is 0 Å². The van der Waals surface area contributed by atoms with Crippen LogP contribution in [0.5, 0.6) is 0 Å². The van der Waals surface area contributed by atoms with Gasteiger partial charge >= 0.3 is 5.97 Å². The highest BCUT2D eigenvalue weighted by Gasteiger charge is 2.16. The van der Waals surface area contributed by atoms with Gasteiger partial charge in [-0.3, -0.25) is 0 Å². The van der Waals surface area contributed by atoms with E-state index in [0.29, 0.717) is 6.61 Å². The Bertz CT molecular complexity index is 188. The maximum absolute atomic E-state index is 10.6. The number of esters is 1. The molecule has 0 aliphatic carbocycles. The van der Waals surface area contributed by atoms with Crippen LogP contribution in [0.15, 0.2) is 65.3 Å². The normalized spacial score (nSPS) is 14.2. The van der Waals surface area contributed by atoms with E-state index in [4.69, 9.17) is 9.47 Å². The molecule has 0 saturated carbocycles. The molecule has 0 amide bonds. The summed E-state index contributed by atoms with van der Waals surface area (Å²) in [5.41, 5.74) is 0. The van der Waals surface area contributed by atoms with Crippen LogP contribution in [0.4, 0.5) is 0 Å². The maximum atomic E-state index is 10.6. The van der Waals surface area contributed by atoms with Crippen LogP contribution in [0.2, 0.25) is 0 Å². The minimum absolute atomic E-state index is 0.110. The third kappa shape index (κ3) is 21.9.